The molecule has 5 nitrogen and oxygen atoms in total. The van der Waals surface area contributed by atoms with E-state index >= 15 is 0 Å². The smallest absolute Gasteiger partial charge is 0.262 e. The Kier molecular flexibility index (Phi) is 4.61. The second-order valence-corrected chi connectivity index (χ2v) is 8.58. The van der Waals surface area contributed by atoms with Crippen LogP contribution in [0.4, 0.5) is 5.69 Å². The maximum Gasteiger partial charge on any atom is 0.262 e. The number of anilines is 1. The molecule has 2 aliphatic carbocycles. The predicted octanol–water partition coefficient (Wildman–Crippen LogP) is 2.90. The minimum atomic E-state index is -0.424. The predicted molar refractivity (Wildman–Crippen MR) is 105 cm³/mol. The van der Waals surface area contributed by atoms with E-state index < -0.39 is 5.25 Å². The Balaban J connectivity index is 1.33. The molecule has 2 bridgehead atoms. The van der Waals surface area contributed by atoms with Crippen LogP contribution in [0.1, 0.15) is 24.8 Å². The first-order valence-corrected chi connectivity index (χ1v) is 9.95. The van der Waals surface area contributed by atoms with E-state index in [1.807, 2.05) is 31.2 Å². The Labute approximate surface area is 157 Å². The molecule has 26 heavy (non-hydrogen) atoms. The number of thioether (sulfide) groups is 1. The number of hydrogen-bond acceptors (Lipinski definition) is 4. The highest BCUT2D eigenvalue weighted by atomic mass is 32.2. The zero-order valence-electron chi connectivity index (χ0n) is 15.0. The van der Waals surface area contributed by atoms with Gasteiger partial charge < -0.3 is 10.2 Å². The number of carbonyl (C=O) groups excluding carboxylic acids is 2. The third kappa shape index (κ3) is 3.43. The van der Waals surface area contributed by atoms with Crippen molar-refractivity contribution in [2.75, 3.05) is 11.9 Å². The van der Waals surface area contributed by atoms with Gasteiger partial charge in [0.25, 0.3) is 5.91 Å². The van der Waals surface area contributed by atoms with Crippen molar-refractivity contribution in [2.24, 2.45) is 16.8 Å². The Hall–Kier alpha value is -2.08. The standard InChI is InChI=1S/C20H23N3O2S/c1-12-3-7-15(8-4-12)23(2)18(24)11-17-19(25)22-20(26-17)21-16-10-13-5-6-14(16)9-13/h3-8,13-14,16-17H,9-11H2,1-2H3,(H,21,22,25). The van der Waals surface area contributed by atoms with Crippen LogP contribution in [0.5, 0.6) is 0 Å². The lowest BCUT2D eigenvalue weighted by Crippen LogP contribution is -2.35. The van der Waals surface area contributed by atoms with Gasteiger partial charge in [0, 0.05) is 25.2 Å². The van der Waals surface area contributed by atoms with Crippen molar-refractivity contribution in [1.82, 2.24) is 5.32 Å². The van der Waals surface area contributed by atoms with Crippen LogP contribution in [0, 0.1) is 18.8 Å². The van der Waals surface area contributed by atoms with E-state index in [0.717, 1.165) is 17.7 Å². The van der Waals surface area contributed by atoms with E-state index in [2.05, 4.69) is 22.5 Å². The van der Waals surface area contributed by atoms with Gasteiger partial charge in [-0.3, -0.25) is 9.59 Å². The molecule has 4 unspecified atom stereocenters. The van der Waals surface area contributed by atoms with Gasteiger partial charge in [0.15, 0.2) is 5.17 Å². The summed E-state index contributed by atoms with van der Waals surface area (Å²) >= 11 is 1.39. The van der Waals surface area contributed by atoms with Crippen LogP contribution in [0.25, 0.3) is 0 Å². The molecular weight excluding hydrogens is 346 g/mol. The zero-order valence-corrected chi connectivity index (χ0v) is 15.8. The Bertz CT molecular complexity index is 787. The fourth-order valence-corrected chi connectivity index (χ4v) is 4.90. The monoisotopic (exact) mass is 369 g/mol. The molecule has 6 heteroatoms. The highest BCUT2D eigenvalue weighted by Crippen LogP contribution is 2.39. The van der Waals surface area contributed by atoms with Crippen LogP contribution in [0.2, 0.25) is 0 Å². The summed E-state index contributed by atoms with van der Waals surface area (Å²) in [6, 6.07) is 8.16. The van der Waals surface area contributed by atoms with Crippen LogP contribution in [0.15, 0.2) is 41.4 Å². The van der Waals surface area contributed by atoms with Gasteiger partial charge in [-0.05, 0) is 43.7 Å². The largest absolute Gasteiger partial charge is 0.361 e. The molecule has 1 aromatic rings. The van der Waals surface area contributed by atoms with Crippen LogP contribution < -0.4 is 10.2 Å². The second kappa shape index (κ2) is 6.91. The Morgan fingerprint density at radius 1 is 1.27 bits per heavy atom. The number of carbonyl (C=O) groups is 2. The van der Waals surface area contributed by atoms with E-state index in [1.54, 1.807) is 11.9 Å². The summed E-state index contributed by atoms with van der Waals surface area (Å²) in [4.78, 5) is 30.5. The van der Waals surface area contributed by atoms with Gasteiger partial charge in [-0.1, -0.05) is 41.6 Å². The first-order valence-electron chi connectivity index (χ1n) is 9.07. The van der Waals surface area contributed by atoms with Crippen LogP contribution in [0.3, 0.4) is 0 Å². The average molecular weight is 369 g/mol. The van der Waals surface area contributed by atoms with Gasteiger partial charge in [-0.25, -0.2) is 0 Å². The van der Waals surface area contributed by atoms with E-state index in [-0.39, 0.29) is 18.2 Å². The summed E-state index contributed by atoms with van der Waals surface area (Å²) in [6.45, 7) is 2.01. The number of hydrogen-bond donors (Lipinski definition) is 1. The topological polar surface area (TPSA) is 61.8 Å². The number of fused-ring (bicyclic) bond motifs is 2. The van der Waals surface area contributed by atoms with Crippen molar-refractivity contribution in [3.63, 3.8) is 0 Å². The molecule has 4 atom stereocenters. The highest BCUT2D eigenvalue weighted by molar-refractivity contribution is 8.15. The molecular formula is C20H23N3O2S. The molecule has 0 radical (unpaired) electrons. The fourth-order valence-electron chi connectivity index (χ4n) is 3.89. The zero-order chi connectivity index (χ0) is 18.3. The first-order chi connectivity index (χ1) is 12.5. The number of nitrogens with zero attached hydrogens (tertiary/aromatic N) is 2. The molecule has 2 amide bonds. The minimum Gasteiger partial charge on any atom is -0.361 e. The Morgan fingerprint density at radius 3 is 2.69 bits per heavy atom. The number of aryl methyl sites for hydroxylation is 1. The molecule has 0 aromatic heterocycles. The maximum absolute atomic E-state index is 12.6. The third-order valence-electron chi connectivity index (χ3n) is 5.48. The SMILES string of the molecule is Cc1ccc(N(C)C(=O)CC2SC(NC3CC4C=CC3C4)=NC2=O)cc1. The molecule has 0 spiro atoms. The van der Waals surface area contributed by atoms with Gasteiger partial charge in [-0.2, -0.15) is 4.99 Å². The van der Waals surface area contributed by atoms with Crippen molar-refractivity contribution < 1.29 is 9.59 Å². The summed E-state index contributed by atoms with van der Waals surface area (Å²) in [5.41, 5.74) is 1.99. The molecule has 1 heterocycles. The highest BCUT2D eigenvalue weighted by Gasteiger charge is 2.38. The number of amides is 2. The number of allylic oxidation sites excluding steroid dienone is 1. The summed E-state index contributed by atoms with van der Waals surface area (Å²) in [5.74, 6) is 0.938. The lowest BCUT2D eigenvalue weighted by atomic mass is 10.0. The number of amidine groups is 1. The number of nitrogens with one attached hydrogen (secondary N) is 1. The van der Waals surface area contributed by atoms with Crippen LogP contribution in [-0.2, 0) is 9.59 Å². The molecule has 3 aliphatic rings. The van der Waals surface area contributed by atoms with Gasteiger partial charge in [0.2, 0.25) is 5.91 Å². The minimum absolute atomic E-state index is 0.0704. The van der Waals surface area contributed by atoms with Gasteiger partial charge in [0.1, 0.15) is 5.25 Å². The molecule has 1 fully saturated rings. The van der Waals surface area contributed by atoms with E-state index in [9.17, 15) is 9.59 Å². The number of aliphatic imine (C=N–C) groups is 1. The van der Waals surface area contributed by atoms with Crippen molar-refractivity contribution in [3.05, 3.63) is 42.0 Å². The molecule has 1 aromatic carbocycles. The number of benzene rings is 1. The molecule has 1 aliphatic heterocycles. The second-order valence-electron chi connectivity index (χ2n) is 7.39. The van der Waals surface area contributed by atoms with Crippen molar-refractivity contribution in [3.8, 4) is 0 Å². The Morgan fingerprint density at radius 2 is 2.04 bits per heavy atom. The lowest BCUT2D eigenvalue weighted by molar-refractivity contribution is -0.122. The average Bonchev–Trinajstić information content (AvgIpc) is 3.32. The van der Waals surface area contributed by atoms with Gasteiger partial charge in [0.05, 0.1) is 0 Å². The van der Waals surface area contributed by atoms with Crippen LogP contribution in [-0.4, -0.2) is 35.3 Å². The summed E-state index contributed by atoms with van der Waals surface area (Å²) < 4.78 is 0. The van der Waals surface area contributed by atoms with Gasteiger partial charge >= 0.3 is 0 Å². The molecule has 136 valence electrons. The quantitative estimate of drug-likeness (QED) is 0.829. The fraction of sp³-hybridized carbons (Fsp3) is 0.450. The van der Waals surface area contributed by atoms with E-state index in [0.29, 0.717) is 23.0 Å². The van der Waals surface area contributed by atoms with Gasteiger partial charge in [-0.15, -0.1) is 0 Å². The van der Waals surface area contributed by atoms with Crippen molar-refractivity contribution in [2.45, 2.75) is 37.5 Å². The normalized spacial score (nSPS) is 29.2. The van der Waals surface area contributed by atoms with E-state index in [4.69, 9.17) is 0 Å². The van der Waals surface area contributed by atoms with Crippen molar-refractivity contribution in [1.29, 1.82) is 0 Å². The maximum atomic E-state index is 12.6. The van der Waals surface area contributed by atoms with E-state index in [1.165, 1.54) is 18.2 Å². The third-order valence-corrected chi connectivity index (χ3v) is 6.57. The van der Waals surface area contributed by atoms with Crippen molar-refractivity contribution >= 4 is 34.4 Å². The first kappa shape index (κ1) is 17.3. The molecule has 1 saturated carbocycles. The summed E-state index contributed by atoms with van der Waals surface area (Å²) in [7, 11) is 1.75. The lowest BCUT2D eigenvalue weighted by Gasteiger charge is -2.21. The molecule has 0 saturated heterocycles. The van der Waals surface area contributed by atoms with Crippen LogP contribution >= 0.6 is 11.8 Å². The molecule has 4 rings (SSSR count). The molecule has 1 N–H and O–H groups in total. The summed E-state index contributed by atoms with van der Waals surface area (Å²) in [5, 5.41) is 3.68. The number of rotatable bonds is 4. The summed E-state index contributed by atoms with van der Waals surface area (Å²) in [6.07, 6.45) is 7.03.